The number of nitrogens with zero attached hydrogens (tertiary/aromatic N) is 2. The molecule has 0 aliphatic carbocycles. The first-order valence-electron chi connectivity index (χ1n) is 4.26. The normalized spacial score (nSPS) is 10.4. The molecule has 0 aliphatic heterocycles. The fourth-order valence-electron chi connectivity index (χ4n) is 1.22. The summed E-state index contributed by atoms with van der Waals surface area (Å²) < 4.78 is 13.5. The first-order chi connectivity index (χ1) is 7.58. The minimum atomic E-state index is -0.626. The molecule has 0 saturated carbocycles. The second kappa shape index (κ2) is 4.01. The van der Waals surface area contributed by atoms with Gasteiger partial charge < -0.3 is 5.73 Å². The highest BCUT2D eigenvalue weighted by Crippen LogP contribution is 2.27. The minimum Gasteiger partial charge on any atom is -0.368 e. The van der Waals surface area contributed by atoms with Crippen LogP contribution in [0.1, 0.15) is 0 Å². The van der Waals surface area contributed by atoms with E-state index in [1.807, 2.05) is 0 Å². The van der Waals surface area contributed by atoms with E-state index in [-0.39, 0.29) is 16.2 Å². The lowest BCUT2D eigenvalue weighted by Gasteiger charge is -2.04. The summed E-state index contributed by atoms with van der Waals surface area (Å²) in [6, 6.07) is 4.40. The number of nitrogens with one attached hydrogen (secondary N) is 1. The molecule has 7 heteroatoms. The van der Waals surface area contributed by atoms with Gasteiger partial charge in [-0.05, 0) is 28.1 Å². The van der Waals surface area contributed by atoms with E-state index in [4.69, 9.17) is 5.73 Å². The lowest BCUT2D eigenvalue weighted by Crippen LogP contribution is -2.15. The van der Waals surface area contributed by atoms with Crippen molar-refractivity contribution < 1.29 is 4.39 Å². The average Bonchev–Trinajstić information content (AvgIpc) is 2.20. The molecule has 0 saturated heterocycles. The smallest absolute Gasteiger partial charge is 0.349 e. The summed E-state index contributed by atoms with van der Waals surface area (Å²) in [6.45, 7) is 0. The van der Waals surface area contributed by atoms with Gasteiger partial charge in [-0.1, -0.05) is 6.07 Å². The predicted molar refractivity (Wildman–Crippen MR) is 60.2 cm³/mol. The Morgan fingerprint density at radius 3 is 2.81 bits per heavy atom. The third-order valence-electron chi connectivity index (χ3n) is 1.87. The minimum absolute atomic E-state index is 0.157. The molecule has 0 aliphatic rings. The molecular weight excluding hydrogens is 279 g/mol. The summed E-state index contributed by atoms with van der Waals surface area (Å²) in [5.74, 6) is -0.436. The summed E-state index contributed by atoms with van der Waals surface area (Å²) in [6.07, 6.45) is 0. The summed E-state index contributed by atoms with van der Waals surface area (Å²) in [5.41, 5.74) is 5.12. The Bertz CT molecular complexity index is 598. The molecule has 0 bridgehead atoms. The number of rotatable bonds is 1. The third kappa shape index (κ3) is 1.94. The number of nitrogen functional groups attached to an aromatic ring is 1. The average molecular weight is 285 g/mol. The number of anilines is 1. The summed E-state index contributed by atoms with van der Waals surface area (Å²) in [5, 5.41) is 0. The molecule has 1 aromatic heterocycles. The monoisotopic (exact) mass is 284 g/mol. The first kappa shape index (κ1) is 10.7. The third-order valence-corrected chi connectivity index (χ3v) is 2.68. The molecule has 3 N–H and O–H groups in total. The van der Waals surface area contributed by atoms with Crippen molar-refractivity contribution in [1.29, 1.82) is 0 Å². The molecule has 0 atom stereocenters. The predicted octanol–water partition coefficient (Wildman–Crippen LogP) is 1.32. The fourth-order valence-corrected chi connectivity index (χ4v) is 1.67. The second-order valence-corrected chi connectivity index (χ2v) is 3.75. The summed E-state index contributed by atoms with van der Waals surface area (Å²) in [7, 11) is 0. The largest absolute Gasteiger partial charge is 0.368 e. The van der Waals surface area contributed by atoms with Gasteiger partial charge in [0.1, 0.15) is 11.6 Å². The molecule has 0 unspecified atom stereocenters. The highest BCUT2D eigenvalue weighted by atomic mass is 79.9. The quantitative estimate of drug-likeness (QED) is 0.827. The van der Waals surface area contributed by atoms with Crippen LogP contribution in [-0.4, -0.2) is 15.0 Å². The second-order valence-electron chi connectivity index (χ2n) is 2.96. The zero-order valence-corrected chi connectivity index (χ0v) is 9.45. The number of benzene rings is 1. The molecule has 0 amide bonds. The Labute approximate surface area is 97.7 Å². The van der Waals surface area contributed by atoms with Crippen LogP contribution in [0.5, 0.6) is 0 Å². The van der Waals surface area contributed by atoms with Gasteiger partial charge in [-0.15, -0.1) is 0 Å². The van der Waals surface area contributed by atoms with Crippen molar-refractivity contribution >= 4 is 21.9 Å². The van der Waals surface area contributed by atoms with Gasteiger partial charge in [-0.2, -0.15) is 9.97 Å². The van der Waals surface area contributed by atoms with Crippen LogP contribution in [0.15, 0.2) is 27.5 Å². The summed E-state index contributed by atoms with van der Waals surface area (Å²) in [4.78, 5) is 20.6. The maximum atomic E-state index is 13.3. The van der Waals surface area contributed by atoms with E-state index in [0.29, 0.717) is 5.56 Å². The molecule has 1 heterocycles. The van der Waals surface area contributed by atoms with Gasteiger partial charge >= 0.3 is 5.69 Å². The van der Waals surface area contributed by atoms with Crippen LogP contribution in [0.2, 0.25) is 0 Å². The molecule has 0 radical (unpaired) electrons. The van der Waals surface area contributed by atoms with Gasteiger partial charge in [-0.3, -0.25) is 4.98 Å². The topological polar surface area (TPSA) is 84.7 Å². The van der Waals surface area contributed by atoms with Crippen molar-refractivity contribution in [3.05, 3.63) is 39.0 Å². The molecule has 16 heavy (non-hydrogen) atoms. The number of hydrogen-bond donors (Lipinski definition) is 2. The van der Waals surface area contributed by atoms with Crippen LogP contribution < -0.4 is 11.4 Å². The van der Waals surface area contributed by atoms with Gasteiger partial charge in [0, 0.05) is 5.56 Å². The van der Waals surface area contributed by atoms with Crippen molar-refractivity contribution in [3.8, 4) is 11.4 Å². The lowest BCUT2D eigenvalue weighted by molar-refractivity contribution is 0.621. The fraction of sp³-hybridized carbons (Fsp3) is 0. The van der Waals surface area contributed by atoms with Gasteiger partial charge in [0.2, 0.25) is 5.95 Å². The number of halogens is 2. The number of hydrogen-bond acceptors (Lipinski definition) is 4. The van der Waals surface area contributed by atoms with Crippen LogP contribution >= 0.6 is 15.9 Å². The number of aromatic nitrogens is 3. The van der Waals surface area contributed by atoms with Gasteiger partial charge in [0.05, 0.1) is 4.47 Å². The van der Waals surface area contributed by atoms with Gasteiger partial charge in [0.25, 0.3) is 0 Å². The van der Waals surface area contributed by atoms with E-state index in [9.17, 15) is 9.18 Å². The van der Waals surface area contributed by atoms with Gasteiger partial charge in [0.15, 0.2) is 0 Å². The molecule has 1 aromatic carbocycles. The van der Waals surface area contributed by atoms with E-state index in [0.717, 1.165) is 0 Å². The van der Waals surface area contributed by atoms with Crippen LogP contribution in [0, 0.1) is 5.82 Å². The van der Waals surface area contributed by atoms with E-state index in [1.54, 1.807) is 6.07 Å². The van der Waals surface area contributed by atoms with Crippen LogP contribution in [0.4, 0.5) is 10.3 Å². The molecule has 2 rings (SSSR count). The van der Waals surface area contributed by atoms with Crippen LogP contribution in [0.3, 0.4) is 0 Å². The zero-order valence-electron chi connectivity index (χ0n) is 7.87. The molecule has 2 aromatic rings. The number of aromatic amines is 1. The van der Waals surface area contributed by atoms with Crippen molar-refractivity contribution in [1.82, 2.24) is 15.0 Å². The zero-order chi connectivity index (χ0) is 11.7. The number of nitrogens with two attached hydrogens (primary N) is 1. The van der Waals surface area contributed by atoms with Crippen molar-refractivity contribution in [3.63, 3.8) is 0 Å². The van der Waals surface area contributed by atoms with Crippen molar-refractivity contribution in [2.45, 2.75) is 0 Å². The highest BCUT2D eigenvalue weighted by molar-refractivity contribution is 9.10. The van der Waals surface area contributed by atoms with Gasteiger partial charge in [-0.25, -0.2) is 9.18 Å². The van der Waals surface area contributed by atoms with E-state index in [2.05, 4.69) is 30.9 Å². The Morgan fingerprint density at radius 1 is 1.38 bits per heavy atom. The lowest BCUT2D eigenvalue weighted by atomic mass is 10.2. The highest BCUT2D eigenvalue weighted by Gasteiger charge is 2.10. The Morgan fingerprint density at radius 2 is 2.12 bits per heavy atom. The molecular formula is C9H6BrFN4O. The van der Waals surface area contributed by atoms with E-state index in [1.165, 1.54) is 12.1 Å². The maximum absolute atomic E-state index is 13.3. The van der Waals surface area contributed by atoms with E-state index >= 15 is 0 Å². The van der Waals surface area contributed by atoms with Crippen molar-refractivity contribution in [2.24, 2.45) is 0 Å². The molecule has 0 fully saturated rings. The molecule has 5 nitrogen and oxygen atoms in total. The maximum Gasteiger partial charge on any atom is 0.349 e. The van der Waals surface area contributed by atoms with Crippen LogP contribution in [-0.2, 0) is 0 Å². The Hall–Kier alpha value is -1.76. The Balaban J connectivity index is 2.67. The SMILES string of the molecule is Nc1nc(-c2cccc(F)c2Br)[nH]c(=O)n1. The molecule has 0 spiro atoms. The first-order valence-corrected chi connectivity index (χ1v) is 5.05. The number of H-pyrrole nitrogens is 1. The molecule has 82 valence electrons. The standard InChI is InChI=1S/C9H6BrFN4O/c10-6-4(2-1-3-5(6)11)7-13-8(12)15-9(16)14-7/h1-3H,(H3,12,13,14,15,16). The van der Waals surface area contributed by atoms with Crippen LogP contribution in [0.25, 0.3) is 11.4 Å². The van der Waals surface area contributed by atoms with Crippen molar-refractivity contribution in [2.75, 3.05) is 5.73 Å². The van der Waals surface area contributed by atoms with E-state index < -0.39 is 11.5 Å². The summed E-state index contributed by atoms with van der Waals surface area (Å²) >= 11 is 3.07. The Kier molecular flexibility index (Phi) is 2.69.